The van der Waals surface area contributed by atoms with Gasteiger partial charge in [-0.3, -0.25) is 9.59 Å². The van der Waals surface area contributed by atoms with Gasteiger partial charge in [0, 0.05) is 22.5 Å². The minimum absolute atomic E-state index is 0. The summed E-state index contributed by atoms with van der Waals surface area (Å²) in [5.41, 5.74) is 7.26. The molecule has 1 heterocycles. The zero-order valence-electron chi connectivity index (χ0n) is 13.0. The van der Waals surface area contributed by atoms with E-state index in [0.29, 0.717) is 11.6 Å². The topological polar surface area (TPSA) is 97.1 Å². The average molecular weight is 389 g/mol. The summed E-state index contributed by atoms with van der Waals surface area (Å²) in [6.07, 6.45) is 2.41. The Hall–Kier alpha value is -1.67. The number of halogens is 2. The van der Waals surface area contributed by atoms with Gasteiger partial charge in [0.05, 0.1) is 13.1 Å². The minimum Gasteiger partial charge on any atom is -0.346 e. The molecular weight excluding hydrogens is 371 g/mol. The molecule has 0 spiro atoms. The van der Waals surface area contributed by atoms with E-state index in [1.54, 1.807) is 6.20 Å². The van der Waals surface area contributed by atoms with Gasteiger partial charge >= 0.3 is 0 Å². The van der Waals surface area contributed by atoms with E-state index < -0.39 is 0 Å². The molecule has 0 saturated heterocycles. The number of benzene rings is 1. The highest BCUT2D eigenvalue weighted by molar-refractivity contribution is 7.15. The van der Waals surface area contributed by atoms with Crippen LogP contribution in [0.2, 0.25) is 5.02 Å². The van der Waals surface area contributed by atoms with Gasteiger partial charge in [0.2, 0.25) is 11.8 Å². The summed E-state index contributed by atoms with van der Waals surface area (Å²) in [7, 11) is 0. The lowest BCUT2D eigenvalue weighted by Crippen LogP contribution is -2.36. The van der Waals surface area contributed by atoms with Crippen LogP contribution in [0.15, 0.2) is 24.4 Å². The molecule has 2 amide bonds. The Morgan fingerprint density at radius 2 is 2.08 bits per heavy atom. The highest BCUT2D eigenvalue weighted by atomic mass is 35.5. The Balaban J connectivity index is 0.00000288. The third-order valence-electron chi connectivity index (χ3n) is 3.05. The van der Waals surface area contributed by atoms with Crippen LogP contribution in [0, 0.1) is 6.92 Å². The van der Waals surface area contributed by atoms with Gasteiger partial charge in [-0.1, -0.05) is 23.7 Å². The van der Waals surface area contributed by atoms with Crippen LogP contribution < -0.4 is 16.4 Å². The maximum absolute atomic E-state index is 11.7. The quantitative estimate of drug-likeness (QED) is 0.705. The van der Waals surface area contributed by atoms with Crippen molar-refractivity contribution in [3.63, 3.8) is 0 Å². The van der Waals surface area contributed by atoms with Crippen LogP contribution in [0.5, 0.6) is 0 Å². The van der Waals surface area contributed by atoms with E-state index in [0.717, 1.165) is 21.0 Å². The van der Waals surface area contributed by atoms with E-state index in [2.05, 4.69) is 15.6 Å². The Bertz CT molecular complexity index is 721. The molecule has 0 atom stereocenters. The maximum Gasteiger partial charge on any atom is 0.245 e. The molecule has 130 valence electrons. The van der Waals surface area contributed by atoms with Gasteiger partial charge in [-0.2, -0.15) is 0 Å². The van der Waals surface area contributed by atoms with Gasteiger partial charge < -0.3 is 16.4 Å². The lowest BCUT2D eigenvalue weighted by Gasteiger charge is -2.03. The van der Waals surface area contributed by atoms with Crippen LogP contribution in [0.25, 0.3) is 0 Å². The Labute approximate surface area is 155 Å². The lowest BCUT2D eigenvalue weighted by atomic mass is 10.1. The first-order valence-electron chi connectivity index (χ1n) is 6.94. The number of anilines is 1. The normalized spacial score (nSPS) is 9.96. The number of hydrogen-bond donors (Lipinski definition) is 3. The predicted molar refractivity (Wildman–Crippen MR) is 99.1 cm³/mol. The molecule has 0 aliphatic carbocycles. The molecule has 9 heteroatoms. The van der Waals surface area contributed by atoms with Crippen molar-refractivity contribution in [3.8, 4) is 0 Å². The lowest BCUT2D eigenvalue weighted by molar-refractivity contribution is -0.123. The monoisotopic (exact) mass is 388 g/mol. The van der Waals surface area contributed by atoms with Crippen LogP contribution >= 0.6 is 35.3 Å². The first-order chi connectivity index (χ1) is 11.0. The molecule has 1 aromatic heterocycles. The van der Waals surface area contributed by atoms with Crippen molar-refractivity contribution in [2.75, 3.05) is 18.4 Å². The maximum atomic E-state index is 11.7. The molecule has 0 aliphatic rings. The summed E-state index contributed by atoms with van der Waals surface area (Å²) in [4.78, 5) is 27.8. The second kappa shape index (κ2) is 9.58. The van der Waals surface area contributed by atoms with Crippen molar-refractivity contribution >= 4 is 52.3 Å². The average Bonchev–Trinajstić information content (AvgIpc) is 2.95. The molecule has 2 rings (SSSR count). The van der Waals surface area contributed by atoms with E-state index in [1.807, 2.05) is 25.1 Å². The number of amides is 2. The molecule has 0 saturated carbocycles. The highest BCUT2D eigenvalue weighted by Crippen LogP contribution is 2.23. The molecule has 0 fully saturated rings. The first-order valence-corrected chi connectivity index (χ1v) is 8.13. The second-order valence-corrected chi connectivity index (χ2v) is 6.44. The van der Waals surface area contributed by atoms with E-state index in [4.69, 9.17) is 17.3 Å². The summed E-state index contributed by atoms with van der Waals surface area (Å²) in [5, 5.41) is 6.26. The number of nitrogens with two attached hydrogens (primary N) is 1. The van der Waals surface area contributed by atoms with Gasteiger partial charge in [0.15, 0.2) is 5.13 Å². The van der Waals surface area contributed by atoms with Crippen LogP contribution in [0.1, 0.15) is 16.0 Å². The van der Waals surface area contributed by atoms with Gasteiger partial charge in [0.1, 0.15) is 0 Å². The van der Waals surface area contributed by atoms with Gasteiger partial charge in [-0.15, -0.1) is 23.7 Å². The van der Waals surface area contributed by atoms with Crippen molar-refractivity contribution in [3.05, 3.63) is 45.4 Å². The first kappa shape index (κ1) is 20.4. The van der Waals surface area contributed by atoms with Crippen molar-refractivity contribution in [2.45, 2.75) is 13.3 Å². The second-order valence-electron chi connectivity index (χ2n) is 4.92. The largest absolute Gasteiger partial charge is 0.346 e. The zero-order chi connectivity index (χ0) is 16.8. The fraction of sp³-hybridized carbons (Fsp3) is 0.267. The number of hydrogen-bond acceptors (Lipinski definition) is 5. The van der Waals surface area contributed by atoms with E-state index >= 15 is 0 Å². The Morgan fingerprint density at radius 1 is 1.33 bits per heavy atom. The van der Waals surface area contributed by atoms with Crippen LogP contribution in [0.4, 0.5) is 5.13 Å². The van der Waals surface area contributed by atoms with Crippen LogP contribution in [-0.4, -0.2) is 29.9 Å². The molecule has 0 unspecified atom stereocenters. The third kappa shape index (κ3) is 6.09. The number of nitrogens with one attached hydrogen (secondary N) is 2. The molecular formula is C15H18Cl2N4O2S. The molecule has 6 nitrogen and oxygen atoms in total. The minimum atomic E-state index is -0.378. The van der Waals surface area contributed by atoms with E-state index in [9.17, 15) is 9.59 Å². The standard InChI is InChI=1S/C15H17ClN4O2S.ClH/c1-9-2-3-10(5-12(9)16)4-11-7-19-15(23-11)20-14(22)8-18-13(21)6-17;/h2-3,5,7H,4,6,8,17H2,1H3,(H,18,21)(H,19,20,22);1H. The SMILES string of the molecule is Cc1ccc(Cc2cnc(NC(=O)CNC(=O)CN)s2)cc1Cl.Cl. The zero-order valence-corrected chi connectivity index (χ0v) is 15.4. The summed E-state index contributed by atoms with van der Waals surface area (Å²) in [5.74, 6) is -0.720. The third-order valence-corrected chi connectivity index (χ3v) is 4.37. The number of aryl methyl sites for hydroxylation is 1. The Kier molecular flexibility index (Phi) is 8.14. The fourth-order valence-electron chi connectivity index (χ4n) is 1.81. The number of thiazole rings is 1. The summed E-state index contributed by atoms with van der Waals surface area (Å²) in [6, 6.07) is 5.92. The fourth-order valence-corrected chi connectivity index (χ4v) is 2.88. The number of carbonyl (C=O) groups is 2. The summed E-state index contributed by atoms with van der Waals surface area (Å²) < 4.78 is 0. The molecule has 0 radical (unpaired) electrons. The highest BCUT2D eigenvalue weighted by Gasteiger charge is 2.09. The number of rotatable bonds is 6. The van der Waals surface area contributed by atoms with Crippen molar-refractivity contribution in [1.29, 1.82) is 0 Å². The van der Waals surface area contributed by atoms with Crippen LogP contribution in [0.3, 0.4) is 0 Å². The van der Waals surface area contributed by atoms with Crippen LogP contribution in [-0.2, 0) is 16.0 Å². The molecule has 1 aromatic carbocycles. The van der Waals surface area contributed by atoms with Crippen molar-refractivity contribution in [2.24, 2.45) is 5.73 Å². The molecule has 2 aromatic rings. The molecule has 4 N–H and O–H groups in total. The smallest absolute Gasteiger partial charge is 0.245 e. The summed E-state index contributed by atoms with van der Waals surface area (Å²) >= 11 is 7.50. The number of nitrogens with zero attached hydrogens (tertiary/aromatic N) is 1. The van der Waals surface area contributed by atoms with Gasteiger partial charge in [-0.25, -0.2) is 4.98 Å². The van der Waals surface area contributed by atoms with Gasteiger partial charge in [-0.05, 0) is 24.1 Å². The van der Waals surface area contributed by atoms with E-state index in [-0.39, 0.29) is 37.3 Å². The molecule has 0 bridgehead atoms. The molecule has 24 heavy (non-hydrogen) atoms. The van der Waals surface area contributed by atoms with Crippen molar-refractivity contribution in [1.82, 2.24) is 10.3 Å². The Morgan fingerprint density at radius 3 is 2.75 bits per heavy atom. The van der Waals surface area contributed by atoms with Crippen molar-refractivity contribution < 1.29 is 9.59 Å². The van der Waals surface area contributed by atoms with E-state index in [1.165, 1.54) is 11.3 Å². The predicted octanol–water partition coefficient (Wildman–Crippen LogP) is 2.13. The number of aromatic nitrogens is 1. The molecule has 0 aliphatic heterocycles. The number of carbonyl (C=O) groups excluding carboxylic acids is 2. The summed E-state index contributed by atoms with van der Waals surface area (Å²) in [6.45, 7) is 1.68. The van der Waals surface area contributed by atoms with Gasteiger partial charge in [0.25, 0.3) is 0 Å².